The molecule has 3 fully saturated rings. The Hall–Kier alpha value is 1.72. The second-order valence-corrected chi connectivity index (χ2v) is 36.2. The topological polar surface area (TPSA) is 18.5 Å². The van der Waals surface area contributed by atoms with Crippen molar-refractivity contribution in [3.8, 4) is 0 Å². The molecule has 0 bridgehead atoms. The third-order valence-electron chi connectivity index (χ3n) is 7.57. The molecule has 3 aliphatic rings. The summed E-state index contributed by atoms with van der Waals surface area (Å²) in [6, 6.07) is 0. The van der Waals surface area contributed by atoms with Crippen LogP contribution in [0, 0.1) is 0 Å². The van der Waals surface area contributed by atoms with Crippen molar-refractivity contribution in [2.75, 3.05) is 13.2 Å². The van der Waals surface area contributed by atoms with Crippen LogP contribution in [0.5, 0.6) is 0 Å². The van der Waals surface area contributed by atoms with Crippen LogP contribution in [0.2, 0.25) is 11.8 Å². The molecule has 164 valence electrons. The van der Waals surface area contributed by atoms with Crippen molar-refractivity contribution < 1.29 is 9.05 Å². The van der Waals surface area contributed by atoms with E-state index >= 15 is 0 Å². The van der Waals surface area contributed by atoms with Crippen LogP contribution in [-0.4, -0.2) is 30.2 Å². The van der Waals surface area contributed by atoms with Crippen LogP contribution in [0.1, 0.15) is 110 Å². The van der Waals surface area contributed by atoms with E-state index in [0.717, 1.165) is 11.8 Å². The zero-order chi connectivity index (χ0) is 19.9. The summed E-state index contributed by atoms with van der Waals surface area (Å²) in [5, 5.41) is 0. The average molecular weight is 553 g/mol. The van der Waals surface area contributed by atoms with Crippen LogP contribution in [0.3, 0.4) is 0 Å². The molecule has 0 aromatic rings. The summed E-state index contributed by atoms with van der Waals surface area (Å²) in [6.45, 7) is 5.65. The Labute approximate surface area is 186 Å². The van der Waals surface area contributed by atoms with E-state index in [1.807, 2.05) is 0 Å². The van der Waals surface area contributed by atoms with Gasteiger partial charge >= 0.3 is 187 Å². The van der Waals surface area contributed by atoms with Crippen LogP contribution in [0.15, 0.2) is 0 Å². The van der Waals surface area contributed by atoms with Crippen LogP contribution in [0.4, 0.5) is 0 Å². The third kappa shape index (κ3) is 5.94. The quantitative estimate of drug-likeness (QED) is 0.210. The van der Waals surface area contributed by atoms with Crippen LogP contribution < -0.4 is 0 Å². The second kappa shape index (κ2) is 12.1. The maximum absolute atomic E-state index is 6.32. The summed E-state index contributed by atoms with van der Waals surface area (Å²) in [5.74, 6) is 0. The molecule has 0 radical (unpaired) electrons. The van der Waals surface area contributed by atoms with Gasteiger partial charge in [0, 0.05) is 0 Å². The Balaban J connectivity index is 2.00. The van der Waals surface area contributed by atoms with E-state index in [9.17, 15) is 0 Å². The Morgan fingerprint density at radius 1 is 0.679 bits per heavy atom. The summed E-state index contributed by atoms with van der Waals surface area (Å²) in [7, 11) is 2.30. The first-order valence-corrected chi connectivity index (χ1v) is 24.7. The molecule has 3 aliphatic carbocycles. The molecule has 0 aliphatic heterocycles. The molecule has 28 heavy (non-hydrogen) atoms. The van der Waals surface area contributed by atoms with Gasteiger partial charge in [-0.25, -0.2) is 0 Å². The molecule has 0 amide bonds. The van der Waals surface area contributed by atoms with Gasteiger partial charge < -0.3 is 0 Å². The van der Waals surface area contributed by atoms with Crippen LogP contribution in [-0.2, 0) is 20.9 Å². The summed E-state index contributed by atoms with van der Waals surface area (Å²) in [5.41, 5.74) is -2.20. The first-order valence-electron chi connectivity index (χ1n) is 12.2. The molecule has 0 N–H and O–H groups in total. The van der Waals surface area contributed by atoms with Gasteiger partial charge in [0.05, 0.1) is 0 Å². The van der Waals surface area contributed by atoms with Gasteiger partial charge in [-0.15, -0.1) is 0 Å². The molecule has 0 unspecified atom stereocenters. The predicted molar refractivity (Wildman–Crippen MR) is 131 cm³/mol. The van der Waals surface area contributed by atoms with E-state index in [2.05, 4.69) is 22.4 Å². The molecule has 0 heterocycles. The zero-order valence-electron chi connectivity index (χ0n) is 18.3. The van der Waals surface area contributed by atoms with Gasteiger partial charge in [0.2, 0.25) is 0 Å². The summed E-state index contributed by atoms with van der Waals surface area (Å²) < 4.78 is 15.7. The molecule has 6 heteroatoms. The molecule has 0 aromatic carbocycles. The summed E-state index contributed by atoms with van der Waals surface area (Å²) in [6.07, 6.45) is 22.2. The average Bonchev–Trinajstić information content (AvgIpc) is 2.74. The van der Waals surface area contributed by atoms with Crippen molar-refractivity contribution in [3.05, 3.63) is 0 Å². The van der Waals surface area contributed by atoms with E-state index in [1.165, 1.54) is 96.3 Å². The number of rotatable bonds is 9. The van der Waals surface area contributed by atoms with Gasteiger partial charge in [-0.05, 0) is 0 Å². The van der Waals surface area contributed by atoms with Crippen molar-refractivity contribution in [3.63, 3.8) is 0 Å². The van der Waals surface area contributed by atoms with Crippen molar-refractivity contribution in [1.82, 2.24) is 0 Å². The first kappa shape index (κ1) is 24.4. The fraction of sp³-hybridized carbons (Fsp3) is 1.00. The molecule has 2 nitrogen and oxygen atoms in total. The normalized spacial score (nSPS) is 24.5. The Bertz CT molecular complexity index is 445. The Morgan fingerprint density at radius 3 is 1.29 bits per heavy atom. The molecule has 0 saturated heterocycles. The minimum atomic E-state index is -2.71. The predicted octanol–water partition coefficient (Wildman–Crippen LogP) is 8.97. The van der Waals surface area contributed by atoms with Gasteiger partial charge in [-0.1, -0.05) is 0 Å². The summed E-state index contributed by atoms with van der Waals surface area (Å²) >= 11 is 3.52. The fourth-order valence-corrected chi connectivity index (χ4v) is 65.8. The fourth-order valence-electron chi connectivity index (χ4n) is 6.48. The van der Waals surface area contributed by atoms with E-state index in [4.69, 9.17) is 20.9 Å². The van der Waals surface area contributed by atoms with Crippen molar-refractivity contribution >= 4 is 43.1 Å². The Kier molecular flexibility index (Phi) is 10.5. The van der Waals surface area contributed by atoms with Crippen LogP contribution in [0.25, 0.3) is 0 Å². The van der Waals surface area contributed by atoms with Gasteiger partial charge in [0.25, 0.3) is 0 Å². The molecule has 0 aromatic heterocycles. The SMILES string of the molecule is CCOP(=S)(OCC)[S][Sn]([CH]1CCCCC1)([CH]1CCCCC1)[CH]1CCCCC1. The number of hydrogen-bond acceptors (Lipinski definition) is 4. The maximum atomic E-state index is 6.32. The zero-order valence-corrected chi connectivity index (χ0v) is 23.7. The molecule has 0 atom stereocenters. The summed E-state index contributed by atoms with van der Waals surface area (Å²) in [4.78, 5) is 0. The van der Waals surface area contributed by atoms with Crippen LogP contribution >= 0.6 is 14.3 Å². The minimum absolute atomic E-state index is 0.715. The molecule has 3 saturated carbocycles. The van der Waals surface area contributed by atoms with Gasteiger partial charge in [-0.2, -0.15) is 0 Å². The van der Waals surface area contributed by atoms with Crippen molar-refractivity contribution in [2.24, 2.45) is 0 Å². The van der Waals surface area contributed by atoms with E-state index < -0.39 is 22.7 Å². The molecular weight excluding hydrogens is 510 g/mol. The van der Waals surface area contributed by atoms with Crippen molar-refractivity contribution in [2.45, 2.75) is 122 Å². The third-order valence-corrected chi connectivity index (χ3v) is 53.1. The van der Waals surface area contributed by atoms with E-state index in [1.54, 1.807) is 0 Å². The van der Waals surface area contributed by atoms with E-state index in [0.29, 0.717) is 13.2 Å². The van der Waals surface area contributed by atoms with Crippen molar-refractivity contribution in [1.29, 1.82) is 0 Å². The standard InChI is InChI=1S/3C6H11.C4H11O2PS2.Sn/c3*1-2-4-6-5-3-1;1-3-5-7(8,9)6-4-2;/h3*1H,2-6H2;3-4H2,1-2H3,(H,8,9);/q;;;;+1/p-1. The Morgan fingerprint density at radius 2 is 1.00 bits per heavy atom. The van der Waals surface area contributed by atoms with Gasteiger partial charge in [-0.3, -0.25) is 0 Å². The monoisotopic (exact) mass is 554 g/mol. The molecule has 3 rings (SSSR count). The van der Waals surface area contributed by atoms with Gasteiger partial charge in [0.1, 0.15) is 0 Å². The van der Waals surface area contributed by atoms with Gasteiger partial charge in [0.15, 0.2) is 0 Å². The second-order valence-electron chi connectivity index (χ2n) is 9.23. The first-order chi connectivity index (χ1) is 13.6. The number of hydrogen-bond donors (Lipinski definition) is 0. The molecule has 0 spiro atoms. The van der Waals surface area contributed by atoms with E-state index in [-0.39, 0.29) is 0 Å². The molecular formula is C22H43O2PS2Sn.